The second-order valence-corrected chi connectivity index (χ2v) is 6.43. The number of methoxy groups -OCH3 is 1. The lowest BCUT2D eigenvalue weighted by molar-refractivity contribution is -0.117. The predicted octanol–water partition coefficient (Wildman–Crippen LogP) is 0.894. The monoisotopic (exact) mass is 332 g/mol. The molecule has 7 nitrogen and oxygen atoms in total. The van der Waals surface area contributed by atoms with Crippen molar-refractivity contribution in [2.75, 3.05) is 24.0 Å². The SMILES string of the molecule is COc1ccc(CN2C(=O)Cc3c(N)nc(S(C)=O)nc32)cc1. The number of rotatable bonds is 4. The van der Waals surface area contributed by atoms with Gasteiger partial charge in [-0.15, -0.1) is 0 Å². The van der Waals surface area contributed by atoms with E-state index < -0.39 is 10.8 Å². The molecule has 0 fully saturated rings. The van der Waals surface area contributed by atoms with Crippen LogP contribution in [0, 0.1) is 0 Å². The van der Waals surface area contributed by atoms with E-state index in [2.05, 4.69) is 9.97 Å². The van der Waals surface area contributed by atoms with Gasteiger partial charge in [0.1, 0.15) is 17.4 Å². The maximum absolute atomic E-state index is 12.3. The third-order valence-electron chi connectivity index (χ3n) is 3.64. The van der Waals surface area contributed by atoms with Gasteiger partial charge in [0.2, 0.25) is 11.1 Å². The molecule has 8 heteroatoms. The van der Waals surface area contributed by atoms with Crippen LogP contribution in [-0.2, 0) is 28.6 Å². The zero-order chi connectivity index (χ0) is 16.6. The van der Waals surface area contributed by atoms with Crippen molar-refractivity contribution in [2.24, 2.45) is 0 Å². The molecule has 2 N–H and O–H groups in total. The molecular weight excluding hydrogens is 316 g/mol. The molecule has 1 atom stereocenters. The van der Waals surface area contributed by atoms with E-state index in [-0.39, 0.29) is 23.3 Å². The molecule has 1 amide bonds. The van der Waals surface area contributed by atoms with Crippen LogP contribution >= 0.6 is 0 Å². The Hall–Kier alpha value is -2.48. The van der Waals surface area contributed by atoms with E-state index in [0.717, 1.165) is 11.3 Å². The summed E-state index contributed by atoms with van der Waals surface area (Å²) in [7, 11) is 0.233. The third kappa shape index (κ3) is 2.89. The molecule has 1 unspecified atom stereocenters. The van der Waals surface area contributed by atoms with Crippen LogP contribution < -0.4 is 15.4 Å². The van der Waals surface area contributed by atoms with E-state index in [4.69, 9.17) is 10.5 Å². The summed E-state index contributed by atoms with van der Waals surface area (Å²) in [6, 6.07) is 7.43. The lowest BCUT2D eigenvalue weighted by atomic mass is 10.2. The minimum atomic E-state index is -1.37. The molecule has 1 aliphatic rings. The fourth-order valence-electron chi connectivity index (χ4n) is 2.43. The molecule has 0 aliphatic carbocycles. The molecule has 0 saturated heterocycles. The second kappa shape index (κ2) is 5.96. The van der Waals surface area contributed by atoms with Gasteiger partial charge in [-0.3, -0.25) is 13.9 Å². The number of benzene rings is 1. The molecule has 1 aromatic heterocycles. The molecular formula is C15H16N4O3S. The Labute approximate surface area is 135 Å². The molecule has 1 aromatic carbocycles. The van der Waals surface area contributed by atoms with Gasteiger partial charge in [0.05, 0.1) is 30.9 Å². The van der Waals surface area contributed by atoms with E-state index in [9.17, 15) is 9.00 Å². The van der Waals surface area contributed by atoms with Crippen LogP contribution in [0.4, 0.5) is 11.6 Å². The number of fused-ring (bicyclic) bond motifs is 1. The summed E-state index contributed by atoms with van der Waals surface area (Å²) in [4.78, 5) is 22.1. The number of carbonyl (C=O) groups excluding carboxylic acids is 1. The topological polar surface area (TPSA) is 98.4 Å². The minimum absolute atomic E-state index is 0.101. The molecule has 0 radical (unpaired) electrons. The van der Waals surface area contributed by atoms with Crippen molar-refractivity contribution in [3.05, 3.63) is 35.4 Å². The second-order valence-electron chi connectivity index (χ2n) is 5.15. The molecule has 3 rings (SSSR count). The molecule has 23 heavy (non-hydrogen) atoms. The van der Waals surface area contributed by atoms with Gasteiger partial charge in [-0.2, -0.15) is 0 Å². The number of carbonyl (C=O) groups is 1. The highest BCUT2D eigenvalue weighted by molar-refractivity contribution is 7.84. The Morgan fingerprint density at radius 3 is 2.61 bits per heavy atom. The van der Waals surface area contributed by atoms with Crippen LogP contribution in [0.5, 0.6) is 5.75 Å². The Morgan fingerprint density at radius 2 is 2.00 bits per heavy atom. The van der Waals surface area contributed by atoms with Crippen molar-refractivity contribution >= 4 is 28.3 Å². The summed E-state index contributed by atoms with van der Waals surface area (Å²) in [6.45, 7) is 0.363. The third-order valence-corrected chi connectivity index (χ3v) is 4.34. The van der Waals surface area contributed by atoms with E-state index in [1.807, 2.05) is 24.3 Å². The number of nitrogens with zero attached hydrogens (tertiary/aromatic N) is 3. The summed E-state index contributed by atoms with van der Waals surface area (Å²) in [6.07, 6.45) is 1.64. The largest absolute Gasteiger partial charge is 0.497 e. The van der Waals surface area contributed by atoms with Crippen LogP contribution in [-0.4, -0.2) is 33.4 Å². The van der Waals surface area contributed by atoms with E-state index in [1.165, 1.54) is 6.26 Å². The summed E-state index contributed by atoms with van der Waals surface area (Å²) in [5, 5.41) is 0.135. The maximum atomic E-state index is 12.3. The van der Waals surface area contributed by atoms with Crippen molar-refractivity contribution in [3.63, 3.8) is 0 Å². The van der Waals surface area contributed by atoms with Gasteiger partial charge >= 0.3 is 0 Å². The fraction of sp³-hybridized carbons (Fsp3) is 0.267. The Morgan fingerprint density at radius 1 is 1.30 bits per heavy atom. The first kappa shape index (κ1) is 15.4. The first-order chi connectivity index (χ1) is 11.0. The summed E-state index contributed by atoms with van der Waals surface area (Å²) in [5.41, 5.74) is 7.41. The lowest BCUT2D eigenvalue weighted by Crippen LogP contribution is -2.26. The van der Waals surface area contributed by atoms with Crippen molar-refractivity contribution in [2.45, 2.75) is 18.1 Å². The number of hydrogen-bond acceptors (Lipinski definition) is 6. The first-order valence-corrected chi connectivity index (χ1v) is 8.48. The average Bonchev–Trinajstić information content (AvgIpc) is 2.85. The molecule has 2 aromatic rings. The zero-order valence-corrected chi connectivity index (χ0v) is 13.6. The smallest absolute Gasteiger partial charge is 0.233 e. The molecule has 2 heterocycles. The number of ether oxygens (including phenoxy) is 1. The number of anilines is 2. The van der Waals surface area contributed by atoms with Crippen LogP contribution in [0.15, 0.2) is 29.4 Å². The van der Waals surface area contributed by atoms with Crippen LogP contribution in [0.1, 0.15) is 11.1 Å². The Kier molecular flexibility index (Phi) is 3.99. The lowest BCUT2D eigenvalue weighted by Gasteiger charge is -2.17. The number of nitrogens with two attached hydrogens (primary N) is 1. The Bertz CT molecular complexity index is 792. The van der Waals surface area contributed by atoms with Gasteiger partial charge < -0.3 is 10.5 Å². The van der Waals surface area contributed by atoms with Gasteiger partial charge in [0.25, 0.3) is 0 Å². The number of hydrogen-bond donors (Lipinski definition) is 1. The summed E-state index contributed by atoms with van der Waals surface area (Å²) >= 11 is 0. The van der Waals surface area contributed by atoms with E-state index in [1.54, 1.807) is 12.0 Å². The molecule has 0 spiro atoms. The standard InChI is InChI=1S/C15H16N4O3S/c1-22-10-5-3-9(4-6-10)8-19-12(20)7-11-13(16)17-15(23(2)21)18-14(11)19/h3-6H,7-8H2,1-2H3,(H2,16,17,18). The number of nitrogen functional groups attached to an aromatic ring is 1. The minimum Gasteiger partial charge on any atom is -0.497 e. The highest BCUT2D eigenvalue weighted by Crippen LogP contribution is 2.32. The van der Waals surface area contributed by atoms with Crippen molar-refractivity contribution in [1.82, 2.24) is 9.97 Å². The molecule has 0 bridgehead atoms. The van der Waals surface area contributed by atoms with Gasteiger partial charge in [0.15, 0.2) is 0 Å². The van der Waals surface area contributed by atoms with Crippen LogP contribution in [0.3, 0.4) is 0 Å². The highest BCUT2D eigenvalue weighted by atomic mass is 32.2. The maximum Gasteiger partial charge on any atom is 0.233 e. The Balaban J connectivity index is 1.95. The average molecular weight is 332 g/mol. The quantitative estimate of drug-likeness (QED) is 0.835. The van der Waals surface area contributed by atoms with Crippen molar-refractivity contribution in [3.8, 4) is 5.75 Å². The van der Waals surface area contributed by atoms with Gasteiger partial charge in [-0.1, -0.05) is 12.1 Å². The van der Waals surface area contributed by atoms with E-state index >= 15 is 0 Å². The predicted molar refractivity (Wildman–Crippen MR) is 86.7 cm³/mol. The van der Waals surface area contributed by atoms with Gasteiger partial charge in [0, 0.05) is 11.8 Å². The van der Waals surface area contributed by atoms with Crippen molar-refractivity contribution in [1.29, 1.82) is 0 Å². The normalized spacial score (nSPS) is 14.7. The number of aromatic nitrogens is 2. The molecule has 120 valence electrons. The fourth-order valence-corrected chi connectivity index (χ4v) is 2.87. The van der Waals surface area contributed by atoms with Gasteiger partial charge in [-0.05, 0) is 17.7 Å². The molecule has 0 saturated carbocycles. The van der Waals surface area contributed by atoms with Gasteiger partial charge in [-0.25, -0.2) is 9.97 Å². The van der Waals surface area contributed by atoms with E-state index in [0.29, 0.717) is 17.9 Å². The first-order valence-electron chi connectivity index (χ1n) is 6.92. The van der Waals surface area contributed by atoms with Crippen LogP contribution in [0.25, 0.3) is 0 Å². The van der Waals surface area contributed by atoms with Crippen molar-refractivity contribution < 1.29 is 13.7 Å². The molecule has 1 aliphatic heterocycles. The van der Waals surface area contributed by atoms with Crippen LogP contribution in [0.2, 0.25) is 0 Å². The summed E-state index contributed by atoms with van der Waals surface area (Å²) in [5.74, 6) is 1.31. The highest BCUT2D eigenvalue weighted by Gasteiger charge is 2.32. The number of amides is 1. The summed E-state index contributed by atoms with van der Waals surface area (Å²) < 4.78 is 16.8. The zero-order valence-electron chi connectivity index (χ0n) is 12.8.